The summed E-state index contributed by atoms with van der Waals surface area (Å²) in [6.45, 7) is 1.48. The zero-order valence-corrected chi connectivity index (χ0v) is 12.2. The van der Waals surface area contributed by atoms with Crippen LogP contribution >= 0.6 is 31.9 Å². The second-order valence-corrected chi connectivity index (χ2v) is 6.50. The van der Waals surface area contributed by atoms with Gasteiger partial charge in [0.05, 0.1) is 11.0 Å². The minimum absolute atomic E-state index is 0.101. The highest BCUT2D eigenvalue weighted by Gasteiger charge is 2.20. The molecule has 0 amide bonds. The van der Waals surface area contributed by atoms with Gasteiger partial charge in [0, 0.05) is 8.95 Å². The number of hydrogen-bond acceptors (Lipinski definition) is 3. The third kappa shape index (κ3) is 3.28. The van der Waals surface area contributed by atoms with Crippen molar-refractivity contribution in [1.82, 2.24) is 4.72 Å². The maximum atomic E-state index is 11.9. The lowest BCUT2D eigenvalue weighted by Crippen LogP contribution is -2.31. The maximum absolute atomic E-state index is 11.9. The van der Waals surface area contributed by atoms with Crippen LogP contribution in [0, 0.1) is 11.3 Å². The Hall–Kier alpha value is -0.420. The highest BCUT2D eigenvalue weighted by Crippen LogP contribution is 2.25. The van der Waals surface area contributed by atoms with Crippen molar-refractivity contribution >= 4 is 41.9 Å². The SMILES string of the molecule is CC(C#N)NS(=O)(=O)c1cc(Br)ccc1Br. The van der Waals surface area contributed by atoms with E-state index in [-0.39, 0.29) is 4.90 Å². The average molecular weight is 368 g/mol. The molecule has 7 heteroatoms. The molecular weight excluding hydrogens is 360 g/mol. The maximum Gasteiger partial charge on any atom is 0.242 e. The second-order valence-electron chi connectivity index (χ2n) is 3.05. The van der Waals surface area contributed by atoms with Crippen molar-refractivity contribution in [2.45, 2.75) is 17.9 Å². The molecule has 0 aromatic heterocycles. The second kappa shape index (κ2) is 5.27. The van der Waals surface area contributed by atoms with Crippen LogP contribution in [0.25, 0.3) is 0 Å². The van der Waals surface area contributed by atoms with Crippen LogP contribution in [0.2, 0.25) is 0 Å². The van der Waals surface area contributed by atoms with Crippen LogP contribution in [-0.2, 0) is 10.0 Å². The fourth-order valence-corrected chi connectivity index (χ4v) is 3.66. The van der Waals surface area contributed by atoms with Gasteiger partial charge in [0.25, 0.3) is 0 Å². The van der Waals surface area contributed by atoms with E-state index in [1.54, 1.807) is 12.1 Å². The van der Waals surface area contributed by atoms with Gasteiger partial charge in [-0.3, -0.25) is 0 Å². The molecular formula is C9H8Br2N2O2S. The summed E-state index contributed by atoms with van der Waals surface area (Å²) in [5.41, 5.74) is 0. The van der Waals surface area contributed by atoms with Gasteiger partial charge >= 0.3 is 0 Å². The lowest BCUT2D eigenvalue weighted by Gasteiger charge is -2.09. The van der Waals surface area contributed by atoms with Gasteiger partial charge in [0.2, 0.25) is 10.0 Å². The third-order valence-electron chi connectivity index (χ3n) is 1.71. The average Bonchev–Trinajstić information content (AvgIpc) is 2.20. The molecule has 0 aliphatic heterocycles. The summed E-state index contributed by atoms with van der Waals surface area (Å²) in [6, 6.07) is 5.85. The molecule has 16 heavy (non-hydrogen) atoms. The molecule has 0 spiro atoms. The van der Waals surface area contributed by atoms with Gasteiger partial charge in [-0.1, -0.05) is 15.9 Å². The lowest BCUT2D eigenvalue weighted by atomic mass is 10.4. The van der Waals surface area contributed by atoms with Crippen LogP contribution < -0.4 is 4.72 Å². The summed E-state index contributed by atoms with van der Waals surface area (Å²) in [5.74, 6) is 0. The van der Waals surface area contributed by atoms with E-state index in [9.17, 15) is 8.42 Å². The fourth-order valence-electron chi connectivity index (χ4n) is 1.01. The van der Waals surface area contributed by atoms with Crippen molar-refractivity contribution in [3.63, 3.8) is 0 Å². The molecule has 4 nitrogen and oxygen atoms in total. The van der Waals surface area contributed by atoms with Crippen molar-refractivity contribution < 1.29 is 8.42 Å². The van der Waals surface area contributed by atoms with Gasteiger partial charge < -0.3 is 0 Å². The lowest BCUT2D eigenvalue weighted by molar-refractivity contribution is 0.576. The highest BCUT2D eigenvalue weighted by molar-refractivity contribution is 9.11. The Balaban J connectivity index is 3.18. The number of rotatable bonds is 3. The van der Waals surface area contributed by atoms with Gasteiger partial charge in [0.15, 0.2) is 0 Å². The fraction of sp³-hybridized carbons (Fsp3) is 0.222. The van der Waals surface area contributed by atoms with Gasteiger partial charge in [0.1, 0.15) is 6.04 Å². The van der Waals surface area contributed by atoms with Crippen molar-refractivity contribution in [2.75, 3.05) is 0 Å². The van der Waals surface area contributed by atoms with Crippen LogP contribution in [0.4, 0.5) is 0 Å². The minimum atomic E-state index is -3.67. The first-order valence-corrected chi connectivity index (χ1v) is 7.31. The number of halogens is 2. The molecule has 0 saturated carbocycles. The molecule has 0 aliphatic carbocycles. The monoisotopic (exact) mass is 366 g/mol. The predicted octanol–water partition coefficient (Wildman–Crippen LogP) is 2.40. The Kier molecular flexibility index (Phi) is 4.50. The molecule has 0 aliphatic rings. The molecule has 0 radical (unpaired) electrons. The van der Waals surface area contributed by atoms with E-state index in [0.717, 1.165) is 0 Å². The molecule has 0 fully saturated rings. The van der Waals surface area contributed by atoms with E-state index in [1.807, 2.05) is 6.07 Å². The number of benzene rings is 1. The number of hydrogen-bond donors (Lipinski definition) is 1. The molecule has 0 bridgehead atoms. The summed E-state index contributed by atoms with van der Waals surface area (Å²) < 4.78 is 27.1. The molecule has 1 aromatic rings. The third-order valence-corrected chi connectivity index (χ3v) is 4.74. The zero-order chi connectivity index (χ0) is 12.3. The first-order chi connectivity index (χ1) is 7.36. The number of nitriles is 1. The quantitative estimate of drug-likeness (QED) is 0.891. The Labute approximate surface area is 111 Å². The number of nitrogens with zero attached hydrogens (tertiary/aromatic N) is 1. The summed E-state index contributed by atoms with van der Waals surface area (Å²) in [7, 11) is -3.67. The number of sulfonamides is 1. The predicted molar refractivity (Wildman–Crippen MR) is 67.2 cm³/mol. The van der Waals surface area contributed by atoms with Crippen molar-refractivity contribution in [3.8, 4) is 6.07 Å². The van der Waals surface area contributed by atoms with Crippen molar-refractivity contribution in [3.05, 3.63) is 27.1 Å². The molecule has 1 aromatic carbocycles. The Morgan fingerprint density at radius 3 is 2.62 bits per heavy atom. The molecule has 1 unspecified atom stereocenters. The van der Waals surface area contributed by atoms with Crippen LogP contribution in [0.15, 0.2) is 32.0 Å². The summed E-state index contributed by atoms with van der Waals surface area (Å²) in [6.07, 6.45) is 0. The Morgan fingerprint density at radius 1 is 1.44 bits per heavy atom. The Bertz CT molecular complexity index is 537. The topological polar surface area (TPSA) is 70.0 Å². The largest absolute Gasteiger partial charge is 0.242 e. The van der Waals surface area contributed by atoms with E-state index in [2.05, 4.69) is 36.6 Å². The smallest absolute Gasteiger partial charge is 0.207 e. The van der Waals surface area contributed by atoms with E-state index >= 15 is 0 Å². The molecule has 0 heterocycles. The normalized spacial score (nSPS) is 13.1. The van der Waals surface area contributed by atoms with Crippen LogP contribution in [0.5, 0.6) is 0 Å². The molecule has 1 N–H and O–H groups in total. The van der Waals surface area contributed by atoms with Crippen LogP contribution in [0.1, 0.15) is 6.92 Å². The zero-order valence-electron chi connectivity index (χ0n) is 8.24. The highest BCUT2D eigenvalue weighted by atomic mass is 79.9. The molecule has 0 saturated heterocycles. The van der Waals surface area contributed by atoms with Gasteiger partial charge in [-0.25, -0.2) is 8.42 Å². The van der Waals surface area contributed by atoms with E-state index in [1.165, 1.54) is 13.0 Å². The van der Waals surface area contributed by atoms with Crippen molar-refractivity contribution in [2.24, 2.45) is 0 Å². The summed E-state index contributed by atoms with van der Waals surface area (Å²) in [5, 5.41) is 8.57. The summed E-state index contributed by atoms with van der Waals surface area (Å²) in [4.78, 5) is 0.101. The molecule has 1 rings (SSSR count). The first kappa shape index (κ1) is 13.6. The van der Waals surface area contributed by atoms with Crippen LogP contribution in [0.3, 0.4) is 0 Å². The first-order valence-electron chi connectivity index (χ1n) is 4.24. The van der Waals surface area contributed by atoms with Crippen molar-refractivity contribution in [1.29, 1.82) is 5.26 Å². The molecule has 1 atom stereocenters. The van der Waals surface area contributed by atoms with Crippen LogP contribution in [-0.4, -0.2) is 14.5 Å². The van der Waals surface area contributed by atoms with E-state index in [4.69, 9.17) is 5.26 Å². The summed E-state index contributed by atoms with van der Waals surface area (Å²) >= 11 is 6.35. The minimum Gasteiger partial charge on any atom is -0.207 e. The van der Waals surface area contributed by atoms with Gasteiger partial charge in [-0.05, 0) is 41.1 Å². The van der Waals surface area contributed by atoms with Gasteiger partial charge in [-0.15, -0.1) is 0 Å². The van der Waals surface area contributed by atoms with Gasteiger partial charge in [-0.2, -0.15) is 9.98 Å². The molecule has 86 valence electrons. The Morgan fingerprint density at radius 2 is 2.06 bits per heavy atom. The standard InChI is InChI=1S/C9H8Br2N2O2S/c1-6(5-12)13-16(14,15)9-4-7(10)2-3-8(9)11/h2-4,6,13H,1H3. The number of nitrogens with one attached hydrogen (secondary N) is 1. The van der Waals surface area contributed by atoms with E-state index in [0.29, 0.717) is 8.95 Å². The van der Waals surface area contributed by atoms with E-state index < -0.39 is 16.1 Å².